The van der Waals surface area contributed by atoms with Crippen LogP contribution in [-0.4, -0.2) is 15.8 Å². The summed E-state index contributed by atoms with van der Waals surface area (Å²) < 4.78 is 15.0. The molecule has 1 aliphatic rings. The molecule has 3 rings (SSSR count). The number of benzene rings is 1. The van der Waals surface area contributed by atoms with Gasteiger partial charge < -0.3 is 4.79 Å². The maximum absolute atomic E-state index is 13.6. The van der Waals surface area contributed by atoms with Gasteiger partial charge in [-0.2, -0.15) is 4.98 Å². The maximum atomic E-state index is 13.6. The van der Waals surface area contributed by atoms with Crippen molar-refractivity contribution in [3.05, 3.63) is 52.8 Å². The number of nitrogens with zero attached hydrogens (tertiary/aromatic N) is 2. The standard InChI is InChI=1S/C14H13FN2O2.C3H6/c15-12-6-2-1-5-11(12)13-7-9-17(14(19)16-13)8-3-4-10-18;1-2-3-1/h1-2,5-7,9-10H,3-4,8H2;1-3H2. The SMILES string of the molecule is C1CC1.O=CCCCn1ccc(-c2ccccc2F)nc1=O. The van der Waals surface area contributed by atoms with Crippen LogP contribution in [0.15, 0.2) is 41.3 Å². The molecule has 5 heteroatoms. The van der Waals surface area contributed by atoms with E-state index in [-0.39, 0.29) is 0 Å². The van der Waals surface area contributed by atoms with Gasteiger partial charge in [0, 0.05) is 24.7 Å². The van der Waals surface area contributed by atoms with Gasteiger partial charge in [-0.15, -0.1) is 0 Å². The number of carbonyl (C=O) groups is 1. The topological polar surface area (TPSA) is 52.0 Å². The summed E-state index contributed by atoms with van der Waals surface area (Å²) in [6.45, 7) is 0.433. The highest BCUT2D eigenvalue weighted by molar-refractivity contribution is 5.58. The molecule has 0 atom stereocenters. The highest BCUT2D eigenvalue weighted by atomic mass is 19.1. The third-order valence-electron chi connectivity index (χ3n) is 3.10. The van der Waals surface area contributed by atoms with Crippen molar-refractivity contribution in [2.24, 2.45) is 0 Å². The Labute approximate surface area is 128 Å². The van der Waals surface area contributed by atoms with Crippen LogP contribution >= 0.6 is 0 Å². The molecule has 4 nitrogen and oxygen atoms in total. The van der Waals surface area contributed by atoms with Crippen LogP contribution in [0.5, 0.6) is 0 Å². The fourth-order valence-electron chi connectivity index (χ4n) is 1.76. The Morgan fingerprint density at radius 2 is 1.91 bits per heavy atom. The van der Waals surface area contributed by atoms with E-state index in [1.165, 1.54) is 29.9 Å². The molecule has 1 aromatic heterocycles. The average Bonchev–Trinajstić information content (AvgIpc) is 3.38. The smallest absolute Gasteiger partial charge is 0.303 e. The van der Waals surface area contributed by atoms with Crippen molar-refractivity contribution in [1.29, 1.82) is 0 Å². The Morgan fingerprint density at radius 3 is 2.50 bits per heavy atom. The zero-order chi connectivity index (χ0) is 15.8. The number of halogens is 1. The minimum atomic E-state index is -0.438. The second-order valence-corrected chi connectivity index (χ2v) is 5.14. The molecule has 0 unspecified atom stereocenters. The van der Waals surface area contributed by atoms with E-state index < -0.39 is 11.5 Å². The first-order valence-corrected chi connectivity index (χ1v) is 7.48. The van der Waals surface area contributed by atoms with E-state index >= 15 is 0 Å². The van der Waals surface area contributed by atoms with E-state index in [0.29, 0.717) is 30.6 Å². The summed E-state index contributed by atoms with van der Waals surface area (Å²) in [5, 5.41) is 0. The third-order valence-corrected chi connectivity index (χ3v) is 3.10. The molecule has 0 radical (unpaired) electrons. The van der Waals surface area contributed by atoms with Crippen molar-refractivity contribution < 1.29 is 9.18 Å². The second-order valence-electron chi connectivity index (χ2n) is 5.14. The predicted octanol–water partition coefficient (Wildman–Crippen LogP) is 3.20. The van der Waals surface area contributed by atoms with Crippen LogP contribution in [-0.2, 0) is 11.3 Å². The average molecular weight is 302 g/mol. The van der Waals surface area contributed by atoms with Gasteiger partial charge in [-0.1, -0.05) is 31.4 Å². The zero-order valence-electron chi connectivity index (χ0n) is 12.4. The Bertz CT molecular complexity index is 678. The lowest BCUT2D eigenvalue weighted by molar-refractivity contribution is -0.107. The minimum Gasteiger partial charge on any atom is -0.303 e. The first-order chi connectivity index (χ1) is 10.7. The molecule has 0 spiro atoms. The molecule has 2 aromatic rings. The van der Waals surface area contributed by atoms with E-state index in [0.717, 1.165) is 6.29 Å². The Hall–Kier alpha value is -2.30. The fraction of sp³-hybridized carbons (Fsp3) is 0.353. The van der Waals surface area contributed by atoms with Crippen molar-refractivity contribution in [2.45, 2.75) is 38.6 Å². The lowest BCUT2D eigenvalue weighted by Crippen LogP contribution is -2.22. The van der Waals surface area contributed by atoms with Crippen LogP contribution in [0, 0.1) is 5.82 Å². The lowest BCUT2D eigenvalue weighted by atomic mass is 10.1. The first-order valence-electron chi connectivity index (χ1n) is 7.48. The number of rotatable bonds is 5. The number of hydrogen-bond donors (Lipinski definition) is 0. The number of carbonyl (C=O) groups excluding carboxylic acids is 1. The van der Waals surface area contributed by atoms with Crippen molar-refractivity contribution in [1.82, 2.24) is 9.55 Å². The van der Waals surface area contributed by atoms with E-state index in [4.69, 9.17) is 0 Å². The van der Waals surface area contributed by atoms with Gasteiger partial charge in [0.1, 0.15) is 12.1 Å². The maximum Gasteiger partial charge on any atom is 0.348 e. The van der Waals surface area contributed by atoms with E-state index in [1.54, 1.807) is 30.5 Å². The van der Waals surface area contributed by atoms with Gasteiger partial charge in [-0.05, 0) is 24.6 Å². The van der Waals surface area contributed by atoms with Crippen LogP contribution in [0.2, 0.25) is 0 Å². The van der Waals surface area contributed by atoms with Gasteiger partial charge in [0.25, 0.3) is 0 Å². The summed E-state index contributed by atoms with van der Waals surface area (Å²) in [6, 6.07) is 7.77. The molecule has 1 heterocycles. The summed E-state index contributed by atoms with van der Waals surface area (Å²) in [5.41, 5.74) is 0.182. The van der Waals surface area contributed by atoms with E-state index in [9.17, 15) is 14.0 Å². The Balaban J connectivity index is 0.000000523. The molecule has 0 N–H and O–H groups in total. The quantitative estimate of drug-likeness (QED) is 0.629. The molecule has 0 amide bonds. The van der Waals surface area contributed by atoms with Crippen LogP contribution in [0.3, 0.4) is 0 Å². The zero-order valence-corrected chi connectivity index (χ0v) is 12.4. The molecular weight excluding hydrogens is 283 g/mol. The van der Waals surface area contributed by atoms with Gasteiger partial charge >= 0.3 is 5.69 Å². The summed E-state index contributed by atoms with van der Waals surface area (Å²) in [5.74, 6) is -0.409. The number of aromatic nitrogens is 2. The van der Waals surface area contributed by atoms with Gasteiger partial charge in [-0.25, -0.2) is 9.18 Å². The largest absolute Gasteiger partial charge is 0.348 e. The number of unbranched alkanes of at least 4 members (excludes halogenated alkanes) is 1. The summed E-state index contributed by atoms with van der Waals surface area (Å²) >= 11 is 0. The van der Waals surface area contributed by atoms with Crippen LogP contribution < -0.4 is 5.69 Å². The summed E-state index contributed by atoms with van der Waals surface area (Å²) in [7, 11) is 0. The van der Waals surface area contributed by atoms with Crippen molar-refractivity contribution in [3.8, 4) is 11.3 Å². The van der Waals surface area contributed by atoms with Crippen molar-refractivity contribution in [3.63, 3.8) is 0 Å². The first kappa shape index (κ1) is 16.1. The van der Waals surface area contributed by atoms with Gasteiger partial charge in [0.05, 0.1) is 5.69 Å². The molecule has 116 valence electrons. The van der Waals surface area contributed by atoms with Crippen LogP contribution in [0.25, 0.3) is 11.3 Å². The molecule has 0 saturated heterocycles. The summed E-state index contributed by atoms with van der Waals surface area (Å²) in [6.07, 6.45) is 7.87. The normalized spacial score (nSPS) is 12.2. The highest BCUT2D eigenvalue weighted by Crippen LogP contribution is 2.18. The number of aryl methyl sites for hydroxylation is 1. The molecule has 1 aromatic carbocycles. The molecular formula is C17H19FN2O2. The second kappa shape index (κ2) is 8.22. The van der Waals surface area contributed by atoms with Crippen LogP contribution in [0.1, 0.15) is 32.1 Å². The number of aldehydes is 1. The molecule has 0 bridgehead atoms. The van der Waals surface area contributed by atoms with Crippen LogP contribution in [0.4, 0.5) is 4.39 Å². The van der Waals surface area contributed by atoms with E-state index in [2.05, 4.69) is 4.98 Å². The Kier molecular flexibility index (Phi) is 6.01. The fourth-order valence-corrected chi connectivity index (χ4v) is 1.76. The van der Waals surface area contributed by atoms with Crippen molar-refractivity contribution in [2.75, 3.05) is 0 Å². The molecule has 1 fully saturated rings. The van der Waals surface area contributed by atoms with Gasteiger partial charge in [0.15, 0.2) is 0 Å². The predicted molar refractivity (Wildman–Crippen MR) is 83.0 cm³/mol. The molecule has 0 aliphatic heterocycles. The monoisotopic (exact) mass is 302 g/mol. The molecule has 1 saturated carbocycles. The highest BCUT2D eigenvalue weighted by Gasteiger charge is 2.07. The van der Waals surface area contributed by atoms with E-state index in [1.807, 2.05) is 0 Å². The Morgan fingerprint density at radius 1 is 1.18 bits per heavy atom. The third kappa shape index (κ3) is 4.91. The van der Waals surface area contributed by atoms with Crippen molar-refractivity contribution >= 4 is 6.29 Å². The molecule has 1 aliphatic carbocycles. The minimum absolute atomic E-state index is 0.305. The van der Waals surface area contributed by atoms with Gasteiger partial charge in [0.2, 0.25) is 0 Å². The number of hydrogen-bond acceptors (Lipinski definition) is 3. The van der Waals surface area contributed by atoms with Gasteiger partial charge in [-0.3, -0.25) is 4.57 Å². The molecule has 22 heavy (non-hydrogen) atoms. The lowest BCUT2D eigenvalue weighted by Gasteiger charge is -2.06. The summed E-state index contributed by atoms with van der Waals surface area (Å²) in [4.78, 5) is 25.8.